The molecule has 1 unspecified atom stereocenters. The lowest BCUT2D eigenvalue weighted by Crippen LogP contribution is -2.40. The highest BCUT2D eigenvalue weighted by molar-refractivity contribution is 5.82. The van der Waals surface area contributed by atoms with Crippen molar-refractivity contribution in [1.29, 1.82) is 0 Å². The fourth-order valence-electron chi connectivity index (χ4n) is 5.14. The Kier molecular flexibility index (Phi) is 7.20. The summed E-state index contributed by atoms with van der Waals surface area (Å²) in [5, 5.41) is 6.29. The van der Waals surface area contributed by atoms with E-state index >= 15 is 0 Å². The number of methoxy groups -OCH3 is 2. The molecule has 0 amide bonds. The van der Waals surface area contributed by atoms with Crippen LogP contribution in [-0.2, 0) is 0 Å². The highest BCUT2D eigenvalue weighted by atomic mass is 16.5. The minimum Gasteiger partial charge on any atom is -0.497 e. The summed E-state index contributed by atoms with van der Waals surface area (Å²) in [7, 11) is 5.32. The van der Waals surface area contributed by atoms with Gasteiger partial charge in [0.15, 0.2) is 0 Å². The Bertz CT molecular complexity index is 1210. The minimum absolute atomic E-state index is 0.151. The first kappa shape index (κ1) is 24.3. The molecule has 0 aliphatic carbocycles. The van der Waals surface area contributed by atoms with E-state index in [-0.39, 0.29) is 5.92 Å². The summed E-state index contributed by atoms with van der Waals surface area (Å²) in [5.74, 6) is 1.66. The molecule has 3 heterocycles. The fraction of sp³-hybridized carbons (Fsp3) is 0.444. The van der Waals surface area contributed by atoms with Crippen LogP contribution in [0.15, 0.2) is 47.7 Å². The molecular weight excluding hydrogens is 454 g/mol. The maximum atomic E-state index is 6.05. The van der Waals surface area contributed by atoms with Crippen LogP contribution in [0.25, 0.3) is 11.0 Å². The SMILES string of the molecule is COc1cc(OC)cc(N(CCN2CCC[C@@H]2CN)c2ccc3ncc(C4C=NN(C)C4)nc3c2)c1. The molecule has 0 radical (unpaired) electrons. The van der Waals surface area contributed by atoms with E-state index in [0.29, 0.717) is 12.6 Å². The third-order valence-corrected chi connectivity index (χ3v) is 7.17. The fourth-order valence-corrected chi connectivity index (χ4v) is 5.14. The number of likely N-dealkylation sites (N-methyl/N-ethyl adjacent to an activating group) is 1. The van der Waals surface area contributed by atoms with Crippen LogP contribution in [0.2, 0.25) is 0 Å². The summed E-state index contributed by atoms with van der Waals surface area (Å²) in [6.07, 6.45) is 6.17. The molecule has 2 aromatic carbocycles. The zero-order valence-electron chi connectivity index (χ0n) is 21.3. The third-order valence-electron chi connectivity index (χ3n) is 7.17. The van der Waals surface area contributed by atoms with Crippen molar-refractivity contribution >= 4 is 28.6 Å². The van der Waals surface area contributed by atoms with E-state index in [1.165, 1.54) is 6.42 Å². The van der Waals surface area contributed by atoms with Crippen LogP contribution >= 0.6 is 0 Å². The van der Waals surface area contributed by atoms with Gasteiger partial charge < -0.3 is 20.1 Å². The van der Waals surface area contributed by atoms with Crippen molar-refractivity contribution in [2.45, 2.75) is 24.8 Å². The number of anilines is 2. The zero-order chi connectivity index (χ0) is 25.1. The molecular formula is C27H35N7O2. The number of aromatic nitrogens is 2. The number of nitrogens with zero attached hydrogens (tertiary/aromatic N) is 6. The lowest BCUT2D eigenvalue weighted by atomic mass is 10.1. The second-order valence-corrected chi connectivity index (χ2v) is 9.47. The Morgan fingerprint density at radius 1 is 1.06 bits per heavy atom. The molecule has 1 fully saturated rings. The molecule has 0 spiro atoms. The van der Waals surface area contributed by atoms with Crippen LogP contribution in [0.1, 0.15) is 24.5 Å². The molecule has 3 aromatic rings. The number of nitrogens with two attached hydrogens (primary N) is 1. The lowest BCUT2D eigenvalue weighted by Gasteiger charge is -2.30. The molecule has 2 aliphatic heterocycles. The molecule has 2 aliphatic rings. The summed E-state index contributed by atoms with van der Waals surface area (Å²) < 4.78 is 11.2. The lowest BCUT2D eigenvalue weighted by molar-refractivity contribution is 0.265. The van der Waals surface area contributed by atoms with Gasteiger partial charge in [0, 0.05) is 81.3 Å². The van der Waals surface area contributed by atoms with Gasteiger partial charge in [-0.2, -0.15) is 5.10 Å². The second kappa shape index (κ2) is 10.7. The second-order valence-electron chi connectivity index (χ2n) is 9.47. The number of ether oxygens (including phenoxy) is 2. The van der Waals surface area contributed by atoms with Crippen molar-refractivity contribution in [3.8, 4) is 11.5 Å². The molecule has 5 rings (SSSR count). The quantitative estimate of drug-likeness (QED) is 0.490. The predicted molar refractivity (Wildman–Crippen MR) is 144 cm³/mol. The number of hydrazone groups is 1. The zero-order valence-corrected chi connectivity index (χ0v) is 21.3. The standard InChI is InChI=1S/C27H35N7O2/c1-32-18-19(16-30-32)27-17-29-25-7-6-20(13-26(25)31-27)34(10-9-33-8-4-5-21(33)15-28)22-11-23(35-2)14-24(12-22)36-3/h6-7,11-14,16-17,19,21H,4-5,8-10,15,18,28H2,1-3H3/t19?,21-/m1/s1. The van der Waals surface area contributed by atoms with Crippen molar-refractivity contribution in [1.82, 2.24) is 19.9 Å². The van der Waals surface area contributed by atoms with Gasteiger partial charge in [0.05, 0.1) is 36.9 Å². The van der Waals surface area contributed by atoms with E-state index in [1.54, 1.807) is 14.2 Å². The highest BCUT2D eigenvalue weighted by Crippen LogP contribution is 2.34. The number of hydrogen-bond donors (Lipinski definition) is 1. The van der Waals surface area contributed by atoms with Crippen molar-refractivity contribution in [2.24, 2.45) is 10.8 Å². The number of hydrogen-bond acceptors (Lipinski definition) is 9. The Hall–Kier alpha value is -3.43. The van der Waals surface area contributed by atoms with E-state index in [2.05, 4.69) is 32.0 Å². The van der Waals surface area contributed by atoms with E-state index in [1.807, 2.05) is 48.7 Å². The maximum absolute atomic E-state index is 6.05. The van der Waals surface area contributed by atoms with Crippen LogP contribution in [-0.4, -0.2) is 86.1 Å². The first-order chi connectivity index (χ1) is 17.6. The van der Waals surface area contributed by atoms with Gasteiger partial charge >= 0.3 is 0 Å². The monoisotopic (exact) mass is 489 g/mol. The smallest absolute Gasteiger partial charge is 0.124 e. The van der Waals surface area contributed by atoms with Crippen molar-refractivity contribution in [3.63, 3.8) is 0 Å². The molecule has 2 N–H and O–H groups in total. The van der Waals surface area contributed by atoms with Crippen LogP contribution in [0.5, 0.6) is 11.5 Å². The summed E-state index contributed by atoms with van der Waals surface area (Å²) in [6, 6.07) is 12.7. The Morgan fingerprint density at radius 2 is 1.86 bits per heavy atom. The van der Waals surface area contributed by atoms with Crippen molar-refractivity contribution in [3.05, 3.63) is 48.3 Å². The number of rotatable bonds is 9. The van der Waals surface area contributed by atoms with Crippen LogP contribution in [0, 0.1) is 0 Å². The summed E-state index contributed by atoms with van der Waals surface area (Å²) in [5.41, 5.74) is 10.8. The molecule has 1 aromatic heterocycles. The van der Waals surface area contributed by atoms with Gasteiger partial charge in [-0.1, -0.05) is 0 Å². The van der Waals surface area contributed by atoms with Gasteiger partial charge in [-0.05, 0) is 37.6 Å². The van der Waals surface area contributed by atoms with Gasteiger partial charge in [0.2, 0.25) is 0 Å². The van der Waals surface area contributed by atoms with E-state index in [0.717, 1.165) is 72.2 Å². The Balaban J connectivity index is 1.51. The van der Waals surface area contributed by atoms with Crippen LogP contribution in [0.4, 0.5) is 11.4 Å². The van der Waals surface area contributed by atoms with E-state index < -0.39 is 0 Å². The summed E-state index contributed by atoms with van der Waals surface area (Å²) >= 11 is 0. The molecule has 190 valence electrons. The minimum atomic E-state index is 0.151. The number of benzene rings is 2. The van der Waals surface area contributed by atoms with E-state index in [9.17, 15) is 0 Å². The maximum Gasteiger partial charge on any atom is 0.124 e. The first-order valence-electron chi connectivity index (χ1n) is 12.5. The number of fused-ring (bicyclic) bond motifs is 1. The normalized spacial score (nSPS) is 19.8. The van der Waals surface area contributed by atoms with Gasteiger partial charge in [-0.3, -0.25) is 14.9 Å². The largest absolute Gasteiger partial charge is 0.497 e. The summed E-state index contributed by atoms with van der Waals surface area (Å²) in [6.45, 7) is 4.30. The van der Waals surface area contributed by atoms with E-state index in [4.69, 9.17) is 20.2 Å². The average Bonchev–Trinajstić information content (AvgIpc) is 3.56. The molecule has 2 atom stereocenters. The predicted octanol–water partition coefficient (Wildman–Crippen LogP) is 3.22. The van der Waals surface area contributed by atoms with Crippen molar-refractivity contribution < 1.29 is 9.47 Å². The molecule has 1 saturated heterocycles. The molecule has 36 heavy (non-hydrogen) atoms. The third kappa shape index (κ3) is 5.08. The number of likely N-dealkylation sites (tertiary alicyclic amines) is 1. The van der Waals surface area contributed by atoms with Gasteiger partial charge in [0.1, 0.15) is 11.5 Å². The van der Waals surface area contributed by atoms with Crippen molar-refractivity contribution in [2.75, 3.05) is 58.9 Å². The molecule has 9 nitrogen and oxygen atoms in total. The van der Waals surface area contributed by atoms with Crippen LogP contribution in [0.3, 0.4) is 0 Å². The van der Waals surface area contributed by atoms with Crippen LogP contribution < -0.4 is 20.1 Å². The summed E-state index contributed by atoms with van der Waals surface area (Å²) in [4.78, 5) is 14.5. The van der Waals surface area contributed by atoms with Gasteiger partial charge in [0.25, 0.3) is 0 Å². The van der Waals surface area contributed by atoms with Gasteiger partial charge in [-0.15, -0.1) is 0 Å². The Labute approximate surface area is 212 Å². The molecule has 0 saturated carbocycles. The van der Waals surface area contributed by atoms with Gasteiger partial charge in [-0.25, -0.2) is 4.98 Å². The topological polar surface area (TPSA) is 92.3 Å². The highest BCUT2D eigenvalue weighted by Gasteiger charge is 2.24. The first-order valence-corrected chi connectivity index (χ1v) is 12.5. The molecule has 9 heteroatoms. The average molecular weight is 490 g/mol. The molecule has 0 bridgehead atoms. The Morgan fingerprint density at radius 3 is 2.56 bits per heavy atom.